The van der Waals surface area contributed by atoms with Gasteiger partial charge in [0.1, 0.15) is 0 Å². The van der Waals surface area contributed by atoms with Gasteiger partial charge in [0.25, 0.3) is 0 Å². The highest BCUT2D eigenvalue weighted by molar-refractivity contribution is 7.99. The van der Waals surface area contributed by atoms with Crippen molar-refractivity contribution in [3.63, 3.8) is 0 Å². The largest absolute Gasteiger partial charge is 0.481 e. The second-order valence-corrected chi connectivity index (χ2v) is 8.05. The molecule has 1 aromatic heterocycles. The van der Waals surface area contributed by atoms with Crippen molar-refractivity contribution < 1.29 is 14.7 Å². The number of halogens is 1. The molecule has 0 saturated heterocycles. The number of hydrogen-bond donors (Lipinski definition) is 2. The van der Waals surface area contributed by atoms with E-state index in [4.69, 9.17) is 11.6 Å². The third-order valence-electron chi connectivity index (χ3n) is 3.74. The lowest BCUT2D eigenvalue weighted by Crippen LogP contribution is -2.41. The Morgan fingerprint density at radius 3 is 2.67 bits per heavy atom. The van der Waals surface area contributed by atoms with Gasteiger partial charge < -0.3 is 10.4 Å². The zero-order chi connectivity index (χ0) is 15.3. The molecule has 1 aliphatic carbocycles. The average Bonchev–Trinajstić information content (AvgIpc) is 3.06. The third-order valence-corrected chi connectivity index (χ3v) is 6.14. The molecule has 4 nitrogen and oxygen atoms in total. The first-order valence-electron chi connectivity index (χ1n) is 6.84. The number of thiophene rings is 1. The topological polar surface area (TPSA) is 66.4 Å². The highest BCUT2D eigenvalue weighted by atomic mass is 35.5. The number of carboxylic acids is 1. The number of thioether (sulfide) groups is 1. The van der Waals surface area contributed by atoms with E-state index in [0.717, 1.165) is 27.8 Å². The van der Waals surface area contributed by atoms with Crippen LogP contribution in [0.4, 0.5) is 0 Å². The van der Waals surface area contributed by atoms with Crippen LogP contribution in [0.25, 0.3) is 0 Å². The molecule has 0 aliphatic heterocycles. The molecule has 7 heteroatoms. The summed E-state index contributed by atoms with van der Waals surface area (Å²) in [6.07, 6.45) is 3.17. The zero-order valence-corrected chi connectivity index (χ0v) is 14.0. The summed E-state index contributed by atoms with van der Waals surface area (Å²) < 4.78 is 0.750. The third kappa shape index (κ3) is 4.63. The van der Waals surface area contributed by atoms with E-state index in [0.29, 0.717) is 18.6 Å². The molecule has 0 unspecified atom stereocenters. The summed E-state index contributed by atoms with van der Waals surface area (Å²) in [5.74, 6) is 0.191. The highest BCUT2D eigenvalue weighted by Crippen LogP contribution is 2.37. The molecule has 0 atom stereocenters. The second kappa shape index (κ2) is 7.51. The molecule has 0 spiro atoms. The standard InChI is InChI=1S/C14H18ClNO3S2/c15-11-4-3-10(21-11)7-20-8-12(17)16-9-14(13(18)19)5-1-2-6-14/h3-4H,1-2,5-9H2,(H,16,17)(H,18,19). The summed E-state index contributed by atoms with van der Waals surface area (Å²) in [5.41, 5.74) is -0.748. The predicted molar refractivity (Wildman–Crippen MR) is 87.0 cm³/mol. The SMILES string of the molecule is O=C(CSCc1ccc(Cl)s1)NCC1(C(=O)O)CCCC1. The fourth-order valence-electron chi connectivity index (χ4n) is 2.51. The maximum Gasteiger partial charge on any atom is 0.311 e. The first-order valence-corrected chi connectivity index (χ1v) is 9.19. The summed E-state index contributed by atoms with van der Waals surface area (Å²) in [6.45, 7) is 0.243. The van der Waals surface area contributed by atoms with Crippen molar-refractivity contribution in [2.24, 2.45) is 5.41 Å². The normalized spacial score (nSPS) is 16.8. The van der Waals surface area contributed by atoms with Gasteiger partial charge in [0, 0.05) is 17.2 Å². The Bertz CT molecular complexity index is 512. The van der Waals surface area contributed by atoms with Crippen LogP contribution in [0.3, 0.4) is 0 Å². The Balaban J connectivity index is 1.71. The van der Waals surface area contributed by atoms with Crippen LogP contribution >= 0.6 is 34.7 Å². The van der Waals surface area contributed by atoms with E-state index in [1.165, 1.54) is 23.1 Å². The van der Waals surface area contributed by atoms with E-state index >= 15 is 0 Å². The highest BCUT2D eigenvalue weighted by Gasteiger charge is 2.41. The van der Waals surface area contributed by atoms with Gasteiger partial charge in [0.15, 0.2) is 0 Å². The molecule has 0 bridgehead atoms. The Labute approximate surface area is 137 Å². The Morgan fingerprint density at radius 2 is 2.10 bits per heavy atom. The number of carbonyl (C=O) groups excluding carboxylic acids is 1. The minimum absolute atomic E-state index is 0.102. The minimum Gasteiger partial charge on any atom is -0.481 e. The lowest BCUT2D eigenvalue weighted by atomic mass is 9.86. The minimum atomic E-state index is -0.791. The van der Waals surface area contributed by atoms with Crippen LogP contribution in [-0.2, 0) is 15.3 Å². The summed E-state index contributed by atoms with van der Waals surface area (Å²) in [4.78, 5) is 24.3. The van der Waals surface area contributed by atoms with E-state index < -0.39 is 11.4 Å². The number of nitrogens with one attached hydrogen (secondary N) is 1. The molecule has 1 aromatic rings. The average molecular weight is 348 g/mol. The van der Waals surface area contributed by atoms with Crippen LogP contribution in [0, 0.1) is 5.41 Å². The number of carboxylic acid groups (broad SMARTS) is 1. The van der Waals surface area contributed by atoms with Crippen molar-refractivity contribution in [3.8, 4) is 0 Å². The summed E-state index contributed by atoms with van der Waals surface area (Å²) in [7, 11) is 0. The van der Waals surface area contributed by atoms with Gasteiger partial charge in [-0.15, -0.1) is 23.1 Å². The Kier molecular flexibility index (Phi) is 5.96. The molecule has 116 valence electrons. The lowest BCUT2D eigenvalue weighted by Gasteiger charge is -2.23. The Morgan fingerprint density at radius 1 is 1.38 bits per heavy atom. The fraction of sp³-hybridized carbons (Fsp3) is 0.571. The first kappa shape index (κ1) is 16.6. The lowest BCUT2D eigenvalue weighted by molar-refractivity contribution is -0.148. The number of rotatable bonds is 7. The van der Waals surface area contributed by atoms with E-state index in [9.17, 15) is 14.7 Å². The van der Waals surface area contributed by atoms with Crippen LogP contribution < -0.4 is 5.32 Å². The van der Waals surface area contributed by atoms with Gasteiger partial charge in [0.2, 0.25) is 5.91 Å². The maximum absolute atomic E-state index is 11.8. The van der Waals surface area contributed by atoms with Crippen molar-refractivity contribution in [1.82, 2.24) is 5.32 Å². The van der Waals surface area contributed by atoms with Crippen molar-refractivity contribution in [2.75, 3.05) is 12.3 Å². The zero-order valence-electron chi connectivity index (χ0n) is 11.6. The number of amides is 1. The fourth-order valence-corrected chi connectivity index (χ4v) is 4.57. The summed E-state index contributed by atoms with van der Waals surface area (Å²) in [5, 5.41) is 12.1. The molecule has 1 fully saturated rings. The molecule has 0 radical (unpaired) electrons. The molecular formula is C14H18ClNO3S2. The van der Waals surface area contributed by atoms with Crippen molar-refractivity contribution in [2.45, 2.75) is 31.4 Å². The van der Waals surface area contributed by atoms with Gasteiger partial charge in [-0.1, -0.05) is 24.4 Å². The van der Waals surface area contributed by atoms with Gasteiger partial charge in [-0.05, 0) is 25.0 Å². The van der Waals surface area contributed by atoms with Crippen molar-refractivity contribution in [1.29, 1.82) is 0 Å². The van der Waals surface area contributed by atoms with Gasteiger partial charge in [0.05, 0.1) is 15.5 Å². The number of hydrogen-bond acceptors (Lipinski definition) is 4. The van der Waals surface area contributed by atoms with E-state index in [1.54, 1.807) is 0 Å². The van der Waals surface area contributed by atoms with Crippen LogP contribution in [0.1, 0.15) is 30.6 Å². The maximum atomic E-state index is 11.8. The molecule has 21 heavy (non-hydrogen) atoms. The van der Waals surface area contributed by atoms with E-state index in [1.807, 2.05) is 12.1 Å². The molecule has 1 aliphatic rings. The van der Waals surface area contributed by atoms with E-state index in [-0.39, 0.29) is 12.5 Å². The van der Waals surface area contributed by atoms with Gasteiger partial charge in [-0.3, -0.25) is 9.59 Å². The number of carbonyl (C=O) groups is 2. The van der Waals surface area contributed by atoms with Gasteiger partial charge in [-0.2, -0.15) is 0 Å². The predicted octanol–water partition coefficient (Wildman–Crippen LogP) is 3.40. The van der Waals surface area contributed by atoms with Gasteiger partial charge in [-0.25, -0.2) is 0 Å². The van der Waals surface area contributed by atoms with E-state index in [2.05, 4.69) is 5.32 Å². The summed E-state index contributed by atoms with van der Waals surface area (Å²) in [6, 6.07) is 3.80. The monoisotopic (exact) mass is 347 g/mol. The number of aliphatic carboxylic acids is 1. The van der Waals surface area contributed by atoms with Crippen LogP contribution in [0.2, 0.25) is 4.34 Å². The Hall–Kier alpha value is -0.720. The molecular weight excluding hydrogens is 330 g/mol. The second-order valence-electron chi connectivity index (χ2n) is 5.27. The first-order chi connectivity index (χ1) is 10.0. The molecule has 0 aromatic carbocycles. The smallest absolute Gasteiger partial charge is 0.311 e. The van der Waals surface area contributed by atoms with Crippen LogP contribution in [-0.4, -0.2) is 29.3 Å². The van der Waals surface area contributed by atoms with Crippen molar-refractivity contribution in [3.05, 3.63) is 21.3 Å². The van der Waals surface area contributed by atoms with Crippen molar-refractivity contribution >= 4 is 46.6 Å². The molecule has 2 rings (SSSR count). The van der Waals surface area contributed by atoms with Crippen LogP contribution in [0.5, 0.6) is 0 Å². The van der Waals surface area contributed by atoms with Crippen LogP contribution in [0.15, 0.2) is 12.1 Å². The molecule has 1 saturated carbocycles. The molecule has 1 heterocycles. The molecule has 1 amide bonds. The quantitative estimate of drug-likeness (QED) is 0.793. The summed E-state index contributed by atoms with van der Waals surface area (Å²) >= 11 is 8.87. The van der Waals surface area contributed by atoms with Gasteiger partial charge >= 0.3 is 5.97 Å². The molecule has 2 N–H and O–H groups in total.